The van der Waals surface area contributed by atoms with E-state index in [1.165, 1.54) is 0 Å². The van der Waals surface area contributed by atoms with Crippen molar-refractivity contribution in [3.8, 4) is 0 Å². The zero-order valence-corrected chi connectivity index (χ0v) is 6.32. The highest BCUT2D eigenvalue weighted by molar-refractivity contribution is 4.77. The van der Waals surface area contributed by atoms with E-state index in [1.54, 1.807) is 6.08 Å². The second-order valence-electron chi connectivity index (χ2n) is 2.61. The van der Waals surface area contributed by atoms with Crippen LogP contribution in [-0.2, 0) is 4.74 Å². The van der Waals surface area contributed by atoms with Crippen LogP contribution in [0.15, 0.2) is 12.3 Å². The van der Waals surface area contributed by atoms with E-state index in [9.17, 15) is 5.21 Å². The van der Waals surface area contributed by atoms with Gasteiger partial charge < -0.3 is 20.1 Å². The first-order chi connectivity index (χ1) is 5.33. The molecule has 1 fully saturated rings. The predicted molar refractivity (Wildman–Crippen MR) is 40.2 cm³/mol. The van der Waals surface area contributed by atoms with Crippen LogP contribution in [0, 0.1) is 5.21 Å². The van der Waals surface area contributed by atoms with E-state index in [-0.39, 0.29) is 11.2 Å². The van der Waals surface area contributed by atoms with Gasteiger partial charge in [-0.15, -0.1) is 0 Å². The molecule has 11 heavy (non-hydrogen) atoms. The van der Waals surface area contributed by atoms with Crippen molar-refractivity contribution in [1.29, 1.82) is 0 Å². The van der Waals surface area contributed by atoms with Crippen LogP contribution in [0.1, 0.15) is 6.42 Å². The summed E-state index contributed by atoms with van der Waals surface area (Å²) in [6, 6.07) is 0. The summed E-state index contributed by atoms with van der Waals surface area (Å²) in [5.41, 5.74) is 0. The summed E-state index contributed by atoms with van der Waals surface area (Å²) in [6.45, 7) is 1.56. The van der Waals surface area contributed by atoms with Crippen molar-refractivity contribution < 1.29 is 14.9 Å². The summed E-state index contributed by atoms with van der Waals surface area (Å²) < 4.78 is 5.27. The highest BCUT2D eigenvalue weighted by Gasteiger charge is 2.16. The van der Waals surface area contributed by atoms with E-state index in [0.717, 1.165) is 6.26 Å². The molecule has 0 spiro atoms. The van der Waals surface area contributed by atoms with Gasteiger partial charge in [0, 0.05) is 6.42 Å². The number of morpholine rings is 1. The van der Waals surface area contributed by atoms with E-state index in [0.29, 0.717) is 26.1 Å². The van der Waals surface area contributed by atoms with Crippen LogP contribution in [0.4, 0.5) is 0 Å². The number of hydrogen-bond acceptors (Lipinski definition) is 3. The highest BCUT2D eigenvalue weighted by atomic mass is 16.5. The Morgan fingerprint density at radius 3 is 3.18 bits per heavy atom. The van der Waals surface area contributed by atoms with E-state index >= 15 is 0 Å². The molecule has 1 rings (SSSR count). The molecule has 0 aromatic carbocycles. The Bertz CT molecular complexity index is 138. The maximum atomic E-state index is 10.9. The topological polar surface area (TPSA) is 57.0 Å². The van der Waals surface area contributed by atoms with Crippen LogP contribution in [0.3, 0.4) is 0 Å². The molecule has 64 valence electrons. The smallest absolute Gasteiger partial charge is 0.110 e. The Kier molecular flexibility index (Phi) is 3.35. The largest absolute Gasteiger partial charge is 0.634 e. The Morgan fingerprint density at radius 1 is 1.73 bits per heavy atom. The Labute approximate surface area is 65.6 Å². The first kappa shape index (κ1) is 8.52. The third-order valence-electron chi connectivity index (χ3n) is 1.69. The fourth-order valence-corrected chi connectivity index (χ4v) is 1.12. The van der Waals surface area contributed by atoms with Crippen LogP contribution < -0.4 is 5.06 Å². The summed E-state index contributed by atoms with van der Waals surface area (Å²) in [5.74, 6) is 0. The summed E-state index contributed by atoms with van der Waals surface area (Å²) in [5, 5.41) is 19.5. The number of aliphatic hydroxyl groups is 1. The standard InChI is InChI=1S/C7H13NO3/c9-4-1-2-7-6-8(10)3-5-11-7/h1,4,7-9H,2-3,5-6H2. The van der Waals surface area contributed by atoms with Gasteiger partial charge in [-0.25, -0.2) is 0 Å². The predicted octanol–water partition coefficient (Wildman–Crippen LogP) is -0.770. The maximum absolute atomic E-state index is 10.9. The Morgan fingerprint density at radius 2 is 2.55 bits per heavy atom. The van der Waals surface area contributed by atoms with Gasteiger partial charge in [-0.05, 0) is 6.08 Å². The molecule has 0 bridgehead atoms. The third kappa shape index (κ3) is 2.88. The van der Waals surface area contributed by atoms with Crippen LogP contribution in [0.2, 0.25) is 0 Å². The molecule has 1 aliphatic heterocycles. The lowest BCUT2D eigenvalue weighted by Crippen LogP contribution is -3.10. The highest BCUT2D eigenvalue weighted by Crippen LogP contribution is 1.98. The van der Waals surface area contributed by atoms with Crippen molar-refractivity contribution in [3.63, 3.8) is 0 Å². The van der Waals surface area contributed by atoms with E-state index < -0.39 is 0 Å². The second kappa shape index (κ2) is 4.33. The molecule has 0 aromatic rings. The van der Waals surface area contributed by atoms with E-state index in [2.05, 4.69) is 0 Å². The van der Waals surface area contributed by atoms with Crippen molar-refractivity contribution in [2.45, 2.75) is 12.5 Å². The quantitative estimate of drug-likeness (QED) is 0.411. The number of nitrogens with one attached hydrogen (secondary N) is 1. The number of ether oxygens (including phenoxy) is 1. The fraction of sp³-hybridized carbons (Fsp3) is 0.714. The summed E-state index contributed by atoms with van der Waals surface area (Å²) in [4.78, 5) is 0. The molecule has 0 radical (unpaired) electrons. The average molecular weight is 159 g/mol. The number of hydroxylamine groups is 2. The molecule has 0 saturated carbocycles. The maximum Gasteiger partial charge on any atom is 0.110 e. The first-order valence-corrected chi connectivity index (χ1v) is 3.75. The molecule has 1 heterocycles. The summed E-state index contributed by atoms with van der Waals surface area (Å²) in [6.07, 6.45) is 3.20. The third-order valence-corrected chi connectivity index (χ3v) is 1.69. The molecule has 4 heteroatoms. The number of hydrogen-bond donors (Lipinski definition) is 2. The van der Waals surface area contributed by atoms with Gasteiger partial charge in [-0.2, -0.15) is 0 Å². The number of quaternary nitrogens is 1. The van der Waals surface area contributed by atoms with Gasteiger partial charge in [-0.1, -0.05) is 0 Å². The summed E-state index contributed by atoms with van der Waals surface area (Å²) in [7, 11) is 0. The van der Waals surface area contributed by atoms with Crippen molar-refractivity contribution in [3.05, 3.63) is 17.5 Å². The van der Waals surface area contributed by atoms with Gasteiger partial charge in [0.2, 0.25) is 0 Å². The molecule has 2 N–H and O–H groups in total. The van der Waals surface area contributed by atoms with E-state index in [4.69, 9.17) is 9.84 Å². The molecule has 2 unspecified atom stereocenters. The molecule has 0 aromatic heterocycles. The molecule has 0 amide bonds. The minimum atomic E-state index is -0.0142. The molecular formula is C7H13NO3. The van der Waals surface area contributed by atoms with Crippen LogP contribution >= 0.6 is 0 Å². The lowest BCUT2D eigenvalue weighted by Gasteiger charge is -2.31. The molecule has 0 aliphatic carbocycles. The normalized spacial score (nSPS) is 32.8. The van der Waals surface area contributed by atoms with E-state index in [1.807, 2.05) is 0 Å². The van der Waals surface area contributed by atoms with Crippen molar-refractivity contribution in [2.75, 3.05) is 19.7 Å². The molecular weight excluding hydrogens is 146 g/mol. The first-order valence-electron chi connectivity index (χ1n) is 3.75. The summed E-state index contributed by atoms with van der Waals surface area (Å²) >= 11 is 0. The molecule has 2 atom stereocenters. The monoisotopic (exact) mass is 159 g/mol. The SMILES string of the molecule is [O-][NH+]1CCOC(CC=CO)C1. The number of aliphatic hydroxyl groups excluding tert-OH is 1. The lowest BCUT2D eigenvalue weighted by molar-refractivity contribution is -0.861. The van der Waals surface area contributed by atoms with Gasteiger partial charge in [0.25, 0.3) is 0 Å². The van der Waals surface area contributed by atoms with Crippen LogP contribution in [0.5, 0.6) is 0 Å². The van der Waals surface area contributed by atoms with Gasteiger partial charge in [0.1, 0.15) is 19.2 Å². The van der Waals surface area contributed by atoms with Crippen molar-refractivity contribution in [1.82, 2.24) is 0 Å². The average Bonchev–Trinajstić information content (AvgIpc) is 2.01. The van der Waals surface area contributed by atoms with Crippen molar-refractivity contribution >= 4 is 0 Å². The van der Waals surface area contributed by atoms with Gasteiger partial charge in [-0.3, -0.25) is 0 Å². The van der Waals surface area contributed by atoms with Gasteiger partial charge >= 0.3 is 0 Å². The zero-order valence-electron chi connectivity index (χ0n) is 6.32. The van der Waals surface area contributed by atoms with Crippen LogP contribution in [0.25, 0.3) is 0 Å². The number of rotatable bonds is 2. The minimum absolute atomic E-state index is 0.0142. The zero-order chi connectivity index (χ0) is 8.10. The Balaban J connectivity index is 2.22. The van der Waals surface area contributed by atoms with Crippen LogP contribution in [-0.4, -0.2) is 30.9 Å². The minimum Gasteiger partial charge on any atom is -0.634 e. The lowest BCUT2D eigenvalue weighted by atomic mass is 10.2. The fourth-order valence-electron chi connectivity index (χ4n) is 1.12. The molecule has 4 nitrogen and oxygen atoms in total. The Hall–Kier alpha value is -0.580. The molecule has 1 saturated heterocycles. The van der Waals surface area contributed by atoms with Crippen molar-refractivity contribution in [2.24, 2.45) is 0 Å². The molecule has 1 aliphatic rings. The second-order valence-corrected chi connectivity index (χ2v) is 2.61. The van der Waals surface area contributed by atoms with Gasteiger partial charge in [0.05, 0.1) is 12.9 Å². The van der Waals surface area contributed by atoms with Gasteiger partial charge in [0.15, 0.2) is 0 Å².